The molecule has 1 N–H and O–H groups in total. The van der Waals surface area contributed by atoms with Gasteiger partial charge in [-0.15, -0.1) is 0 Å². The van der Waals surface area contributed by atoms with Gasteiger partial charge in [-0.05, 0) is 37.1 Å². The molecule has 108 valence electrons. The number of hydrazone groups is 1. The third-order valence-electron chi connectivity index (χ3n) is 3.21. The van der Waals surface area contributed by atoms with Gasteiger partial charge in [0.25, 0.3) is 5.69 Å². The van der Waals surface area contributed by atoms with Crippen molar-refractivity contribution in [2.24, 2.45) is 5.10 Å². The Hall–Kier alpha value is -2.69. The van der Waals surface area contributed by atoms with Gasteiger partial charge in [-0.2, -0.15) is 5.10 Å². The number of nitro groups is 1. The number of hydrogen-bond acceptors (Lipinski definition) is 4. The van der Waals surface area contributed by atoms with Crippen molar-refractivity contribution in [3.05, 3.63) is 69.8 Å². The van der Waals surface area contributed by atoms with E-state index in [9.17, 15) is 10.1 Å². The number of rotatable bonds is 5. The maximum atomic E-state index is 11.0. The van der Waals surface area contributed by atoms with Crippen LogP contribution in [-0.2, 0) is 6.42 Å². The quantitative estimate of drug-likeness (QED) is 0.512. The summed E-state index contributed by atoms with van der Waals surface area (Å²) < 4.78 is 0. The predicted molar refractivity (Wildman–Crippen MR) is 84.8 cm³/mol. The molecule has 0 aliphatic carbocycles. The molecule has 2 rings (SSSR count). The molecule has 5 heteroatoms. The van der Waals surface area contributed by atoms with E-state index in [0.717, 1.165) is 12.1 Å². The van der Waals surface area contributed by atoms with E-state index in [1.54, 1.807) is 25.1 Å². The third-order valence-corrected chi connectivity index (χ3v) is 3.21. The van der Waals surface area contributed by atoms with Crippen LogP contribution in [0.15, 0.2) is 53.6 Å². The molecule has 0 unspecified atom stereocenters. The van der Waals surface area contributed by atoms with Crippen LogP contribution in [0.4, 0.5) is 11.4 Å². The van der Waals surface area contributed by atoms with Crippen molar-refractivity contribution >= 4 is 17.1 Å². The van der Waals surface area contributed by atoms with Crippen molar-refractivity contribution in [2.45, 2.75) is 20.3 Å². The monoisotopic (exact) mass is 283 g/mol. The molecule has 5 nitrogen and oxygen atoms in total. The second kappa shape index (κ2) is 6.65. The maximum Gasteiger partial charge on any atom is 0.278 e. The van der Waals surface area contributed by atoms with Crippen LogP contribution in [-0.4, -0.2) is 10.6 Å². The Balaban J connectivity index is 2.19. The van der Waals surface area contributed by atoms with Crippen LogP contribution in [0.2, 0.25) is 0 Å². The zero-order valence-electron chi connectivity index (χ0n) is 12.0. The number of anilines is 1. The fourth-order valence-corrected chi connectivity index (χ4v) is 1.96. The van der Waals surface area contributed by atoms with E-state index >= 15 is 0 Å². The smallest absolute Gasteiger partial charge is 0.278 e. The average Bonchev–Trinajstić information content (AvgIpc) is 2.53. The molecular formula is C16H17N3O2. The van der Waals surface area contributed by atoms with Gasteiger partial charge in [0.05, 0.1) is 21.9 Å². The Labute approximate surface area is 123 Å². The number of hydrogen-bond donors (Lipinski definition) is 1. The highest BCUT2D eigenvalue weighted by molar-refractivity contribution is 6.02. The second-order valence-corrected chi connectivity index (χ2v) is 4.63. The van der Waals surface area contributed by atoms with Gasteiger partial charge in [0.1, 0.15) is 0 Å². The molecule has 0 fully saturated rings. The lowest BCUT2D eigenvalue weighted by Crippen LogP contribution is -2.03. The number of nitrogens with one attached hydrogen (secondary N) is 1. The zero-order valence-corrected chi connectivity index (χ0v) is 12.0. The molecule has 0 spiro atoms. The topological polar surface area (TPSA) is 67.5 Å². The summed E-state index contributed by atoms with van der Waals surface area (Å²) in [5, 5.41) is 15.2. The number of benzene rings is 2. The summed E-state index contributed by atoms with van der Waals surface area (Å²) in [5.41, 5.74) is 6.17. The van der Waals surface area contributed by atoms with Crippen LogP contribution >= 0.6 is 0 Å². The van der Waals surface area contributed by atoms with Crippen LogP contribution < -0.4 is 5.43 Å². The summed E-state index contributed by atoms with van der Waals surface area (Å²) in [6.45, 7) is 3.84. The fraction of sp³-hybridized carbons (Fsp3) is 0.188. The van der Waals surface area contributed by atoms with Gasteiger partial charge < -0.3 is 0 Å². The summed E-state index contributed by atoms with van der Waals surface area (Å²) in [6, 6.07) is 14.5. The van der Waals surface area contributed by atoms with Gasteiger partial charge in [0.15, 0.2) is 0 Å². The van der Waals surface area contributed by atoms with E-state index in [1.165, 1.54) is 11.6 Å². The molecule has 2 aromatic carbocycles. The van der Waals surface area contributed by atoms with E-state index in [2.05, 4.69) is 17.5 Å². The van der Waals surface area contributed by atoms with Crippen molar-refractivity contribution in [1.82, 2.24) is 0 Å². The molecule has 21 heavy (non-hydrogen) atoms. The largest absolute Gasteiger partial charge is 0.278 e. The van der Waals surface area contributed by atoms with E-state index in [1.807, 2.05) is 24.3 Å². The van der Waals surface area contributed by atoms with Gasteiger partial charge in [-0.25, -0.2) is 0 Å². The van der Waals surface area contributed by atoms with Crippen LogP contribution in [0, 0.1) is 10.1 Å². The van der Waals surface area contributed by atoms with Gasteiger partial charge in [-0.3, -0.25) is 15.5 Å². The van der Waals surface area contributed by atoms with Gasteiger partial charge in [0, 0.05) is 6.07 Å². The van der Waals surface area contributed by atoms with Crippen LogP contribution in [0.3, 0.4) is 0 Å². The molecule has 2 aromatic rings. The van der Waals surface area contributed by atoms with Gasteiger partial charge in [-0.1, -0.05) is 31.2 Å². The summed E-state index contributed by atoms with van der Waals surface area (Å²) in [4.78, 5) is 10.6. The number of nitrogens with zero attached hydrogens (tertiary/aromatic N) is 2. The summed E-state index contributed by atoms with van der Waals surface area (Å²) in [7, 11) is 0. The van der Waals surface area contributed by atoms with Gasteiger partial charge in [0.2, 0.25) is 0 Å². The van der Waals surface area contributed by atoms with E-state index in [-0.39, 0.29) is 5.69 Å². The number of nitro benzene ring substituents is 1. The van der Waals surface area contributed by atoms with E-state index in [4.69, 9.17) is 0 Å². The molecule has 0 aliphatic heterocycles. The van der Waals surface area contributed by atoms with Crippen LogP contribution in [0.25, 0.3) is 0 Å². The third kappa shape index (κ3) is 3.66. The highest BCUT2D eigenvalue weighted by Gasteiger charge is 2.14. The van der Waals surface area contributed by atoms with Crippen LogP contribution in [0.5, 0.6) is 0 Å². The molecule has 0 saturated carbocycles. The predicted octanol–water partition coefficient (Wildman–Crippen LogP) is 3.99. The lowest BCUT2D eigenvalue weighted by molar-refractivity contribution is -0.385. The number of para-hydroxylation sites is 1. The first-order chi connectivity index (χ1) is 10.1. The highest BCUT2D eigenvalue weighted by Crippen LogP contribution is 2.19. The zero-order chi connectivity index (χ0) is 15.2. The molecular weight excluding hydrogens is 266 g/mol. The van der Waals surface area contributed by atoms with Crippen molar-refractivity contribution in [3.63, 3.8) is 0 Å². The second-order valence-electron chi connectivity index (χ2n) is 4.63. The maximum absolute atomic E-state index is 11.0. The first-order valence-corrected chi connectivity index (χ1v) is 6.75. The Morgan fingerprint density at radius 1 is 1.19 bits per heavy atom. The summed E-state index contributed by atoms with van der Waals surface area (Å²) >= 11 is 0. The van der Waals surface area contributed by atoms with Crippen molar-refractivity contribution in [2.75, 3.05) is 5.43 Å². The molecule has 0 amide bonds. The standard InChI is InChI=1S/C16H17N3O2/c1-3-13-8-10-14(11-9-13)18-17-12(2)15-6-4-5-7-16(15)19(20)21/h4-11,18H,3H2,1-2H3/b17-12+. The lowest BCUT2D eigenvalue weighted by atomic mass is 10.1. The minimum Gasteiger partial charge on any atom is -0.278 e. The highest BCUT2D eigenvalue weighted by atomic mass is 16.6. The van der Waals surface area contributed by atoms with Gasteiger partial charge >= 0.3 is 0 Å². The van der Waals surface area contributed by atoms with Crippen LogP contribution in [0.1, 0.15) is 25.0 Å². The van der Waals surface area contributed by atoms with E-state index < -0.39 is 4.92 Å². The average molecular weight is 283 g/mol. The molecule has 0 heterocycles. The summed E-state index contributed by atoms with van der Waals surface area (Å²) in [5.74, 6) is 0. The normalized spacial score (nSPS) is 11.2. The SMILES string of the molecule is CCc1ccc(N/N=C(\C)c2ccccc2[N+](=O)[O-])cc1. The van der Waals surface area contributed by atoms with E-state index in [0.29, 0.717) is 11.3 Å². The Bertz CT molecular complexity index is 663. The number of aryl methyl sites for hydroxylation is 1. The first-order valence-electron chi connectivity index (χ1n) is 6.75. The summed E-state index contributed by atoms with van der Waals surface area (Å²) in [6.07, 6.45) is 0.985. The minimum absolute atomic E-state index is 0.0573. The van der Waals surface area contributed by atoms with Crippen molar-refractivity contribution < 1.29 is 4.92 Å². The minimum atomic E-state index is -0.398. The fourth-order valence-electron chi connectivity index (χ4n) is 1.96. The van der Waals surface area contributed by atoms with Crippen molar-refractivity contribution in [1.29, 1.82) is 0 Å². The Morgan fingerprint density at radius 3 is 2.48 bits per heavy atom. The molecule has 0 aliphatic rings. The molecule has 0 atom stereocenters. The van der Waals surface area contributed by atoms with Crippen molar-refractivity contribution in [3.8, 4) is 0 Å². The first kappa shape index (κ1) is 14.7. The molecule has 0 bridgehead atoms. The molecule has 0 radical (unpaired) electrons. The lowest BCUT2D eigenvalue weighted by Gasteiger charge is -2.05. The molecule has 0 saturated heterocycles. The molecule has 0 aromatic heterocycles. The Morgan fingerprint density at radius 2 is 1.86 bits per heavy atom. The Kier molecular flexibility index (Phi) is 4.66.